The Hall–Kier alpha value is -2.54. The maximum Gasteiger partial charge on any atom is 0.242 e. The summed E-state index contributed by atoms with van der Waals surface area (Å²) in [5.41, 5.74) is 2.81. The fraction of sp³-hybridized carbons (Fsp3) is 0.357. The van der Waals surface area contributed by atoms with Gasteiger partial charge in [0.2, 0.25) is 11.8 Å². The van der Waals surface area contributed by atoms with Gasteiger partial charge in [0.1, 0.15) is 5.75 Å². The quantitative estimate of drug-likeness (QED) is 0.336. The van der Waals surface area contributed by atoms with Gasteiger partial charge in [-0.2, -0.15) is 0 Å². The standard InChI is InChI=1S/C28H30Cl2N2O3S/c1-18(2)16-31(26(33)14-19-4-7-21(35-3)8-5-19)17-27(34)32-12-10-25-23(11-13-36-25)28(32)22-9-6-20(29)15-24(22)30/h4-9,11,13,15,18,28H,10,12,14,16-17H2,1-3H3. The fourth-order valence-corrected chi connectivity index (χ4v) is 6.04. The second-order valence-electron chi connectivity index (χ2n) is 9.40. The molecule has 0 radical (unpaired) electrons. The molecule has 190 valence electrons. The van der Waals surface area contributed by atoms with Crippen molar-refractivity contribution >= 4 is 46.4 Å². The van der Waals surface area contributed by atoms with Gasteiger partial charge in [0.15, 0.2) is 0 Å². The summed E-state index contributed by atoms with van der Waals surface area (Å²) in [4.78, 5) is 31.9. The van der Waals surface area contributed by atoms with Gasteiger partial charge >= 0.3 is 0 Å². The lowest BCUT2D eigenvalue weighted by Gasteiger charge is -2.38. The van der Waals surface area contributed by atoms with Crippen molar-refractivity contribution in [3.05, 3.63) is 85.5 Å². The normalized spacial score (nSPS) is 15.1. The second kappa shape index (κ2) is 11.7. The van der Waals surface area contributed by atoms with Crippen molar-refractivity contribution in [1.82, 2.24) is 9.80 Å². The number of hydrogen-bond donors (Lipinski definition) is 0. The zero-order valence-corrected chi connectivity index (χ0v) is 23.0. The van der Waals surface area contributed by atoms with E-state index in [1.165, 1.54) is 4.88 Å². The molecule has 0 saturated heterocycles. The monoisotopic (exact) mass is 544 g/mol. The van der Waals surface area contributed by atoms with Crippen LogP contribution in [0.2, 0.25) is 10.0 Å². The highest BCUT2D eigenvalue weighted by Crippen LogP contribution is 2.41. The molecule has 36 heavy (non-hydrogen) atoms. The molecule has 0 bridgehead atoms. The molecule has 1 aromatic heterocycles. The predicted molar refractivity (Wildman–Crippen MR) is 146 cm³/mol. The molecule has 1 atom stereocenters. The van der Waals surface area contributed by atoms with E-state index in [9.17, 15) is 9.59 Å². The Balaban J connectivity index is 1.57. The predicted octanol–water partition coefficient (Wildman–Crippen LogP) is 6.26. The Bertz CT molecular complexity index is 1230. The smallest absolute Gasteiger partial charge is 0.242 e. The number of carbonyl (C=O) groups excluding carboxylic acids is 2. The molecule has 2 amide bonds. The van der Waals surface area contributed by atoms with Gasteiger partial charge in [0.25, 0.3) is 0 Å². The van der Waals surface area contributed by atoms with Crippen LogP contribution in [0.1, 0.15) is 41.5 Å². The Kier molecular flexibility index (Phi) is 8.60. The van der Waals surface area contributed by atoms with Crippen LogP contribution in [0.5, 0.6) is 5.75 Å². The summed E-state index contributed by atoms with van der Waals surface area (Å²) in [7, 11) is 1.61. The van der Waals surface area contributed by atoms with Crippen molar-refractivity contribution in [2.75, 3.05) is 26.7 Å². The van der Waals surface area contributed by atoms with E-state index in [4.69, 9.17) is 27.9 Å². The molecule has 2 aromatic carbocycles. The molecule has 0 aliphatic carbocycles. The first-order chi connectivity index (χ1) is 17.3. The zero-order valence-electron chi connectivity index (χ0n) is 20.7. The summed E-state index contributed by atoms with van der Waals surface area (Å²) in [5.74, 6) is 0.803. The molecule has 1 aliphatic rings. The molecule has 8 heteroatoms. The molecule has 0 saturated carbocycles. The van der Waals surface area contributed by atoms with Crippen molar-refractivity contribution in [1.29, 1.82) is 0 Å². The number of amides is 2. The first-order valence-electron chi connectivity index (χ1n) is 12.0. The number of hydrogen-bond acceptors (Lipinski definition) is 4. The van der Waals surface area contributed by atoms with Crippen LogP contribution in [0.4, 0.5) is 0 Å². The van der Waals surface area contributed by atoms with Gasteiger partial charge in [0.05, 0.1) is 26.1 Å². The highest BCUT2D eigenvalue weighted by molar-refractivity contribution is 7.10. The molecule has 3 aromatic rings. The topological polar surface area (TPSA) is 49.9 Å². The molecule has 0 N–H and O–H groups in total. The van der Waals surface area contributed by atoms with Crippen LogP contribution < -0.4 is 4.74 Å². The first-order valence-corrected chi connectivity index (χ1v) is 13.6. The molecule has 0 fully saturated rings. The summed E-state index contributed by atoms with van der Waals surface area (Å²) < 4.78 is 5.21. The largest absolute Gasteiger partial charge is 0.497 e. The number of nitrogens with zero attached hydrogens (tertiary/aromatic N) is 2. The lowest BCUT2D eigenvalue weighted by Crippen LogP contribution is -2.48. The molecule has 5 nitrogen and oxygen atoms in total. The molecule has 4 rings (SSSR count). The van der Waals surface area contributed by atoms with E-state index in [2.05, 4.69) is 11.4 Å². The summed E-state index contributed by atoms with van der Waals surface area (Å²) in [6.45, 7) is 5.19. The third-order valence-corrected chi connectivity index (χ3v) is 7.88. The van der Waals surface area contributed by atoms with E-state index in [1.807, 2.05) is 49.1 Å². The number of thiophene rings is 1. The molecule has 0 spiro atoms. The minimum absolute atomic E-state index is 0.0222. The maximum atomic E-state index is 13.8. The minimum Gasteiger partial charge on any atom is -0.497 e. The molecular formula is C28H30Cl2N2O3S. The third-order valence-electron chi connectivity index (χ3n) is 6.32. The van der Waals surface area contributed by atoms with E-state index in [1.54, 1.807) is 35.5 Å². The van der Waals surface area contributed by atoms with Crippen LogP contribution >= 0.6 is 34.5 Å². The van der Waals surface area contributed by atoms with Crippen LogP contribution in [0.25, 0.3) is 0 Å². The number of carbonyl (C=O) groups is 2. The molecule has 2 heterocycles. The van der Waals surface area contributed by atoms with Gasteiger partial charge in [-0.3, -0.25) is 9.59 Å². The van der Waals surface area contributed by atoms with E-state index in [-0.39, 0.29) is 36.7 Å². The number of halogens is 2. The molecular weight excluding hydrogens is 515 g/mol. The van der Waals surface area contributed by atoms with Crippen molar-refractivity contribution in [2.24, 2.45) is 5.92 Å². The Labute approximate surface area is 226 Å². The van der Waals surface area contributed by atoms with Crippen molar-refractivity contribution in [2.45, 2.75) is 32.7 Å². The number of benzene rings is 2. The molecule has 1 unspecified atom stereocenters. The van der Waals surface area contributed by atoms with E-state index >= 15 is 0 Å². The van der Waals surface area contributed by atoms with E-state index in [0.29, 0.717) is 23.1 Å². The number of ether oxygens (including phenoxy) is 1. The lowest BCUT2D eigenvalue weighted by atomic mass is 9.93. The average molecular weight is 546 g/mol. The van der Waals surface area contributed by atoms with Gasteiger partial charge in [-0.15, -0.1) is 11.3 Å². The van der Waals surface area contributed by atoms with Crippen molar-refractivity contribution < 1.29 is 14.3 Å². The maximum absolute atomic E-state index is 13.8. The van der Waals surface area contributed by atoms with Crippen molar-refractivity contribution in [3.8, 4) is 5.75 Å². The Morgan fingerprint density at radius 1 is 1.11 bits per heavy atom. The van der Waals surface area contributed by atoms with Crippen LogP contribution in [-0.4, -0.2) is 48.4 Å². The van der Waals surface area contributed by atoms with Gasteiger partial charge < -0.3 is 14.5 Å². The van der Waals surface area contributed by atoms with Gasteiger partial charge in [-0.05, 0) is 64.7 Å². The highest BCUT2D eigenvalue weighted by atomic mass is 35.5. The summed E-state index contributed by atoms with van der Waals surface area (Å²) in [6.07, 6.45) is 1.01. The number of fused-ring (bicyclic) bond motifs is 1. The van der Waals surface area contributed by atoms with E-state index in [0.717, 1.165) is 28.9 Å². The van der Waals surface area contributed by atoms with Crippen LogP contribution in [0, 0.1) is 5.92 Å². The lowest BCUT2D eigenvalue weighted by molar-refractivity contribution is -0.141. The average Bonchev–Trinajstić information content (AvgIpc) is 3.32. The molecule has 1 aliphatic heterocycles. The first kappa shape index (κ1) is 26.5. The minimum atomic E-state index is -0.310. The summed E-state index contributed by atoms with van der Waals surface area (Å²) in [5, 5.41) is 3.13. The van der Waals surface area contributed by atoms with Gasteiger partial charge in [0, 0.05) is 28.0 Å². The second-order valence-corrected chi connectivity index (χ2v) is 11.2. The SMILES string of the molecule is COc1ccc(CC(=O)N(CC(=O)N2CCc3sccc3C2c2ccc(Cl)cc2Cl)CC(C)C)cc1. The van der Waals surface area contributed by atoms with Gasteiger partial charge in [-0.25, -0.2) is 0 Å². The van der Waals surface area contributed by atoms with E-state index < -0.39 is 0 Å². The summed E-state index contributed by atoms with van der Waals surface area (Å²) in [6, 6.07) is 14.6. The highest BCUT2D eigenvalue weighted by Gasteiger charge is 2.35. The number of rotatable bonds is 8. The third kappa shape index (κ3) is 6.05. The van der Waals surface area contributed by atoms with Crippen LogP contribution in [0.15, 0.2) is 53.9 Å². The summed E-state index contributed by atoms with van der Waals surface area (Å²) >= 11 is 14.5. The fourth-order valence-electron chi connectivity index (χ4n) is 4.62. The Morgan fingerprint density at radius 3 is 2.53 bits per heavy atom. The van der Waals surface area contributed by atoms with Crippen LogP contribution in [-0.2, 0) is 22.4 Å². The van der Waals surface area contributed by atoms with Gasteiger partial charge in [-0.1, -0.05) is 55.2 Å². The number of methoxy groups -OCH3 is 1. The van der Waals surface area contributed by atoms with Crippen LogP contribution in [0.3, 0.4) is 0 Å². The van der Waals surface area contributed by atoms with Crippen molar-refractivity contribution in [3.63, 3.8) is 0 Å². The zero-order chi connectivity index (χ0) is 25.8. The Morgan fingerprint density at radius 2 is 1.86 bits per heavy atom.